The number of sulfonamides is 1. The average Bonchev–Trinajstić information content (AvgIpc) is 2.96. The third-order valence-corrected chi connectivity index (χ3v) is 7.82. The molecule has 0 saturated heterocycles. The van der Waals surface area contributed by atoms with Crippen LogP contribution < -0.4 is 13.8 Å². The second-order valence-corrected chi connectivity index (χ2v) is 10.4. The second-order valence-electron chi connectivity index (χ2n) is 8.58. The number of rotatable bonds is 11. The third kappa shape index (κ3) is 6.33. The van der Waals surface area contributed by atoms with Crippen LogP contribution in [0.25, 0.3) is 0 Å². The minimum absolute atomic E-state index is 0.0725. The molecule has 0 bridgehead atoms. The summed E-state index contributed by atoms with van der Waals surface area (Å²) in [6.07, 6.45) is 0. The molecule has 4 aromatic carbocycles. The number of carbonyl (C=O) groups excluding carboxylic acids is 1. The van der Waals surface area contributed by atoms with Crippen molar-refractivity contribution in [2.45, 2.75) is 18.0 Å². The Bertz CT molecular complexity index is 1400. The highest BCUT2D eigenvalue weighted by Gasteiger charge is 2.31. The van der Waals surface area contributed by atoms with Crippen molar-refractivity contribution < 1.29 is 22.7 Å². The van der Waals surface area contributed by atoms with E-state index in [1.165, 1.54) is 26.4 Å². The third-order valence-electron chi connectivity index (χ3n) is 6.05. The van der Waals surface area contributed by atoms with Crippen LogP contribution in [0.1, 0.15) is 11.1 Å². The lowest BCUT2D eigenvalue weighted by molar-refractivity contribution is -0.130. The van der Waals surface area contributed by atoms with E-state index in [1.54, 1.807) is 41.3 Å². The van der Waals surface area contributed by atoms with E-state index in [-0.39, 0.29) is 22.2 Å². The van der Waals surface area contributed by atoms with Gasteiger partial charge in [0.05, 0.1) is 24.8 Å². The van der Waals surface area contributed by atoms with Gasteiger partial charge in [-0.15, -0.1) is 0 Å². The van der Waals surface area contributed by atoms with Crippen LogP contribution in [0.4, 0.5) is 5.69 Å². The molecule has 4 rings (SSSR count). The van der Waals surface area contributed by atoms with Gasteiger partial charge < -0.3 is 14.4 Å². The number of ether oxygens (including phenoxy) is 2. The average molecular weight is 531 g/mol. The molecule has 1 amide bonds. The number of hydrogen-bond donors (Lipinski definition) is 0. The molecule has 0 aromatic heterocycles. The fraction of sp³-hybridized carbons (Fsp3) is 0.167. The van der Waals surface area contributed by atoms with Crippen LogP contribution in [0.5, 0.6) is 11.5 Å². The quantitative estimate of drug-likeness (QED) is 0.269. The molecule has 4 aromatic rings. The lowest BCUT2D eigenvalue weighted by Crippen LogP contribution is -2.42. The lowest BCUT2D eigenvalue weighted by atomic mass is 10.1. The van der Waals surface area contributed by atoms with Crippen molar-refractivity contribution in [2.24, 2.45) is 0 Å². The molecule has 0 aliphatic carbocycles. The maximum Gasteiger partial charge on any atom is 0.264 e. The van der Waals surface area contributed by atoms with Crippen molar-refractivity contribution in [1.29, 1.82) is 0 Å². The highest BCUT2D eigenvalue weighted by Crippen LogP contribution is 2.35. The van der Waals surface area contributed by atoms with Crippen LogP contribution in [0.2, 0.25) is 0 Å². The van der Waals surface area contributed by atoms with Crippen LogP contribution in [0, 0.1) is 0 Å². The number of anilines is 1. The predicted octanol–water partition coefficient (Wildman–Crippen LogP) is 5.13. The van der Waals surface area contributed by atoms with E-state index in [2.05, 4.69) is 0 Å². The predicted molar refractivity (Wildman–Crippen MR) is 148 cm³/mol. The molecule has 0 radical (unpaired) electrons. The lowest BCUT2D eigenvalue weighted by Gasteiger charge is -2.29. The topological polar surface area (TPSA) is 76.2 Å². The first kappa shape index (κ1) is 26.8. The number of benzene rings is 4. The van der Waals surface area contributed by atoms with Crippen molar-refractivity contribution in [2.75, 3.05) is 25.1 Å². The highest BCUT2D eigenvalue weighted by molar-refractivity contribution is 7.92. The zero-order valence-corrected chi connectivity index (χ0v) is 22.2. The zero-order valence-electron chi connectivity index (χ0n) is 21.4. The Morgan fingerprint density at radius 3 is 1.74 bits per heavy atom. The maximum absolute atomic E-state index is 13.9. The van der Waals surface area contributed by atoms with Crippen molar-refractivity contribution in [1.82, 2.24) is 4.90 Å². The Hall–Kier alpha value is -4.30. The SMILES string of the molecule is COc1ccc(N(CC(=O)N(Cc2ccccc2)Cc2ccccc2)S(=O)(=O)c2ccccc2)c(OC)c1. The van der Waals surface area contributed by atoms with Crippen molar-refractivity contribution >= 4 is 21.6 Å². The van der Waals surface area contributed by atoms with Gasteiger partial charge in [0.1, 0.15) is 18.0 Å². The fourth-order valence-corrected chi connectivity index (χ4v) is 5.52. The number of amides is 1. The summed E-state index contributed by atoms with van der Waals surface area (Å²) in [5.41, 5.74) is 2.12. The Kier molecular flexibility index (Phi) is 8.66. The summed E-state index contributed by atoms with van der Waals surface area (Å²) in [6.45, 7) is 0.237. The minimum Gasteiger partial charge on any atom is -0.497 e. The van der Waals surface area contributed by atoms with E-state index >= 15 is 0 Å². The van der Waals surface area contributed by atoms with Gasteiger partial charge in [0.25, 0.3) is 10.0 Å². The van der Waals surface area contributed by atoms with E-state index in [9.17, 15) is 13.2 Å². The van der Waals surface area contributed by atoms with Gasteiger partial charge in [-0.25, -0.2) is 8.42 Å². The molecule has 0 spiro atoms. The molecular formula is C30H30N2O5S. The number of hydrogen-bond acceptors (Lipinski definition) is 5. The Balaban J connectivity index is 1.74. The smallest absolute Gasteiger partial charge is 0.264 e. The van der Waals surface area contributed by atoms with Crippen LogP contribution in [-0.4, -0.2) is 40.0 Å². The zero-order chi connectivity index (χ0) is 27.0. The molecule has 0 aliphatic heterocycles. The van der Waals surface area contributed by atoms with E-state index in [4.69, 9.17) is 9.47 Å². The maximum atomic E-state index is 13.9. The summed E-state index contributed by atoms with van der Waals surface area (Å²) in [4.78, 5) is 15.6. The number of nitrogens with zero attached hydrogens (tertiary/aromatic N) is 2. The summed E-state index contributed by atoms with van der Waals surface area (Å²) in [5, 5.41) is 0. The molecule has 0 N–H and O–H groups in total. The molecule has 38 heavy (non-hydrogen) atoms. The molecular weight excluding hydrogens is 500 g/mol. The van der Waals surface area contributed by atoms with E-state index in [0.717, 1.165) is 15.4 Å². The van der Waals surface area contributed by atoms with Crippen LogP contribution >= 0.6 is 0 Å². The first-order valence-corrected chi connectivity index (χ1v) is 13.5. The minimum atomic E-state index is -4.12. The summed E-state index contributed by atoms with van der Waals surface area (Å²) in [6, 6.07) is 32.1. The van der Waals surface area contributed by atoms with Gasteiger partial charge in [-0.3, -0.25) is 9.10 Å². The molecule has 196 valence electrons. The largest absolute Gasteiger partial charge is 0.497 e. The molecule has 0 saturated carbocycles. The van der Waals surface area contributed by atoms with Gasteiger partial charge in [0.2, 0.25) is 5.91 Å². The summed E-state index contributed by atoms with van der Waals surface area (Å²) in [5.74, 6) is 0.424. The van der Waals surface area contributed by atoms with Gasteiger partial charge in [0, 0.05) is 19.2 Å². The molecule has 0 heterocycles. The molecule has 7 nitrogen and oxygen atoms in total. The van der Waals surface area contributed by atoms with Gasteiger partial charge >= 0.3 is 0 Å². The summed E-state index contributed by atoms with van der Waals surface area (Å²) >= 11 is 0. The monoisotopic (exact) mass is 530 g/mol. The Labute approximate surface area is 223 Å². The number of carbonyl (C=O) groups is 1. The molecule has 0 unspecified atom stereocenters. The van der Waals surface area contributed by atoms with Crippen molar-refractivity contribution in [3.63, 3.8) is 0 Å². The Morgan fingerprint density at radius 1 is 0.711 bits per heavy atom. The van der Waals surface area contributed by atoms with Gasteiger partial charge in [-0.2, -0.15) is 0 Å². The number of methoxy groups -OCH3 is 2. The van der Waals surface area contributed by atoms with Gasteiger partial charge in [-0.1, -0.05) is 78.9 Å². The summed E-state index contributed by atoms with van der Waals surface area (Å²) in [7, 11) is -1.15. The van der Waals surface area contributed by atoms with Crippen molar-refractivity contribution in [3.8, 4) is 11.5 Å². The van der Waals surface area contributed by atoms with E-state index in [1.807, 2.05) is 60.7 Å². The summed E-state index contributed by atoms with van der Waals surface area (Å²) < 4.78 is 39.7. The first-order chi connectivity index (χ1) is 18.4. The van der Waals surface area contributed by atoms with Crippen LogP contribution in [0.15, 0.2) is 114 Å². The van der Waals surface area contributed by atoms with E-state index in [0.29, 0.717) is 18.8 Å². The van der Waals surface area contributed by atoms with Crippen molar-refractivity contribution in [3.05, 3.63) is 120 Å². The first-order valence-electron chi connectivity index (χ1n) is 12.1. The molecule has 0 aliphatic rings. The van der Waals surface area contributed by atoms with Gasteiger partial charge in [-0.05, 0) is 35.4 Å². The van der Waals surface area contributed by atoms with Crippen LogP contribution in [-0.2, 0) is 27.9 Å². The second kappa shape index (κ2) is 12.3. The molecule has 8 heteroatoms. The van der Waals surface area contributed by atoms with E-state index < -0.39 is 16.6 Å². The normalized spacial score (nSPS) is 11.0. The molecule has 0 fully saturated rings. The highest BCUT2D eigenvalue weighted by atomic mass is 32.2. The van der Waals surface area contributed by atoms with Gasteiger partial charge in [0.15, 0.2) is 0 Å². The standard InChI is InChI=1S/C30H30N2O5S/c1-36-26-18-19-28(29(20-26)37-2)32(38(34,35)27-16-10-5-11-17-27)23-30(33)31(21-24-12-6-3-7-13-24)22-25-14-8-4-9-15-25/h3-20H,21-23H2,1-2H3. The fourth-order valence-electron chi connectivity index (χ4n) is 4.07. The van der Waals surface area contributed by atoms with Crippen LogP contribution in [0.3, 0.4) is 0 Å². The Morgan fingerprint density at radius 2 is 1.24 bits per heavy atom. The molecule has 0 atom stereocenters.